The van der Waals surface area contributed by atoms with Crippen LogP contribution in [-0.2, 0) is 6.54 Å². The molecule has 1 aliphatic rings. The third kappa shape index (κ3) is 2.80. The molecular formula is C13H24N4. The van der Waals surface area contributed by atoms with Gasteiger partial charge in [0.1, 0.15) is 0 Å². The van der Waals surface area contributed by atoms with Crippen LogP contribution in [0.15, 0.2) is 6.20 Å². The molecule has 0 aromatic carbocycles. The van der Waals surface area contributed by atoms with E-state index in [1.54, 1.807) is 0 Å². The number of piperidine rings is 1. The molecule has 17 heavy (non-hydrogen) atoms. The van der Waals surface area contributed by atoms with Gasteiger partial charge in [0.05, 0.1) is 5.69 Å². The molecule has 0 aliphatic carbocycles. The number of nitrogens with two attached hydrogens (primary N) is 1. The maximum Gasteiger partial charge on any atom is 0.205 e. The first-order chi connectivity index (χ1) is 8.24. The highest BCUT2D eigenvalue weighted by Crippen LogP contribution is 2.22. The maximum atomic E-state index is 5.79. The van der Waals surface area contributed by atoms with Gasteiger partial charge in [-0.15, -0.1) is 0 Å². The van der Waals surface area contributed by atoms with Crippen LogP contribution in [0.3, 0.4) is 0 Å². The summed E-state index contributed by atoms with van der Waals surface area (Å²) < 4.78 is 2.29. The van der Waals surface area contributed by atoms with Crippen LogP contribution in [-0.4, -0.2) is 29.2 Å². The highest BCUT2D eigenvalue weighted by atomic mass is 15.3. The SMILES string of the molecule is CCCn1cc(C)nc1N1CCCC(CN)C1. The van der Waals surface area contributed by atoms with Gasteiger partial charge in [-0.1, -0.05) is 6.92 Å². The molecule has 1 aliphatic heterocycles. The van der Waals surface area contributed by atoms with Gasteiger partial charge in [0.25, 0.3) is 0 Å². The van der Waals surface area contributed by atoms with Crippen LogP contribution in [0.5, 0.6) is 0 Å². The van der Waals surface area contributed by atoms with Crippen LogP contribution in [0.2, 0.25) is 0 Å². The Morgan fingerprint density at radius 1 is 1.53 bits per heavy atom. The van der Waals surface area contributed by atoms with E-state index in [1.165, 1.54) is 12.8 Å². The topological polar surface area (TPSA) is 47.1 Å². The van der Waals surface area contributed by atoms with Crippen molar-refractivity contribution in [2.75, 3.05) is 24.5 Å². The molecule has 0 radical (unpaired) electrons. The monoisotopic (exact) mass is 236 g/mol. The molecule has 1 aromatic rings. The van der Waals surface area contributed by atoms with Gasteiger partial charge in [0.15, 0.2) is 0 Å². The van der Waals surface area contributed by atoms with Crippen LogP contribution < -0.4 is 10.6 Å². The Labute approximate surface area is 104 Å². The summed E-state index contributed by atoms with van der Waals surface area (Å²) in [7, 11) is 0. The molecule has 1 unspecified atom stereocenters. The number of rotatable bonds is 4. The summed E-state index contributed by atoms with van der Waals surface area (Å²) in [5.41, 5.74) is 6.91. The second-order valence-electron chi connectivity index (χ2n) is 5.07. The van der Waals surface area contributed by atoms with E-state index in [0.717, 1.165) is 44.2 Å². The molecule has 1 fully saturated rings. The molecule has 2 N–H and O–H groups in total. The molecule has 0 saturated carbocycles. The minimum absolute atomic E-state index is 0.635. The second kappa shape index (κ2) is 5.54. The summed E-state index contributed by atoms with van der Waals surface area (Å²) in [5, 5.41) is 0. The summed E-state index contributed by atoms with van der Waals surface area (Å²) in [4.78, 5) is 7.08. The molecule has 0 amide bonds. The highest BCUT2D eigenvalue weighted by molar-refractivity contribution is 5.34. The summed E-state index contributed by atoms with van der Waals surface area (Å²) in [6.45, 7) is 8.31. The quantitative estimate of drug-likeness (QED) is 0.867. The molecule has 4 nitrogen and oxygen atoms in total. The fourth-order valence-corrected chi connectivity index (χ4v) is 2.63. The van der Waals surface area contributed by atoms with Gasteiger partial charge in [-0.25, -0.2) is 4.98 Å². The normalized spacial score (nSPS) is 20.9. The smallest absolute Gasteiger partial charge is 0.205 e. The second-order valence-corrected chi connectivity index (χ2v) is 5.07. The van der Waals surface area contributed by atoms with E-state index in [2.05, 4.69) is 34.5 Å². The van der Waals surface area contributed by atoms with Crippen LogP contribution in [0.4, 0.5) is 5.95 Å². The Balaban J connectivity index is 2.14. The molecule has 4 heteroatoms. The molecular weight excluding hydrogens is 212 g/mol. The average Bonchev–Trinajstić information content (AvgIpc) is 2.71. The summed E-state index contributed by atoms with van der Waals surface area (Å²) in [6.07, 6.45) is 5.81. The Hall–Kier alpha value is -1.03. The highest BCUT2D eigenvalue weighted by Gasteiger charge is 2.22. The molecule has 1 atom stereocenters. The molecule has 2 heterocycles. The number of aromatic nitrogens is 2. The van der Waals surface area contributed by atoms with Gasteiger partial charge < -0.3 is 15.2 Å². The summed E-state index contributed by atoms with van der Waals surface area (Å²) in [5.74, 6) is 1.78. The maximum absolute atomic E-state index is 5.79. The molecule has 2 rings (SSSR count). The lowest BCUT2D eigenvalue weighted by Gasteiger charge is -2.33. The van der Waals surface area contributed by atoms with Crippen molar-refractivity contribution in [1.82, 2.24) is 9.55 Å². The fourth-order valence-electron chi connectivity index (χ4n) is 2.63. The van der Waals surface area contributed by atoms with E-state index in [0.29, 0.717) is 5.92 Å². The number of nitrogens with zero attached hydrogens (tertiary/aromatic N) is 3. The van der Waals surface area contributed by atoms with Gasteiger partial charge in [-0.3, -0.25) is 0 Å². The van der Waals surface area contributed by atoms with Gasteiger partial charge in [-0.05, 0) is 38.6 Å². The lowest BCUT2D eigenvalue weighted by atomic mass is 9.99. The Bertz CT molecular complexity index is 358. The van der Waals surface area contributed by atoms with Crippen molar-refractivity contribution in [3.63, 3.8) is 0 Å². The minimum Gasteiger partial charge on any atom is -0.342 e. The molecule has 0 bridgehead atoms. The van der Waals surface area contributed by atoms with E-state index in [4.69, 9.17) is 5.73 Å². The molecule has 1 aromatic heterocycles. The van der Waals surface area contributed by atoms with E-state index < -0.39 is 0 Å². The van der Waals surface area contributed by atoms with Gasteiger partial charge in [-0.2, -0.15) is 0 Å². The zero-order valence-corrected chi connectivity index (χ0v) is 11.0. The number of hydrogen-bond acceptors (Lipinski definition) is 3. The largest absolute Gasteiger partial charge is 0.342 e. The zero-order valence-electron chi connectivity index (χ0n) is 11.0. The van der Waals surface area contributed by atoms with E-state index in [9.17, 15) is 0 Å². The van der Waals surface area contributed by atoms with Crippen molar-refractivity contribution < 1.29 is 0 Å². The zero-order chi connectivity index (χ0) is 12.3. The van der Waals surface area contributed by atoms with Crippen molar-refractivity contribution in [2.45, 2.75) is 39.7 Å². The standard InChI is InChI=1S/C13H24N4/c1-3-6-16-9-11(2)15-13(16)17-7-4-5-12(8-14)10-17/h9,12H,3-8,10,14H2,1-2H3. The number of hydrogen-bond donors (Lipinski definition) is 1. The van der Waals surface area contributed by atoms with Crippen molar-refractivity contribution in [3.05, 3.63) is 11.9 Å². The third-order valence-corrected chi connectivity index (χ3v) is 3.48. The Morgan fingerprint density at radius 3 is 3.06 bits per heavy atom. The van der Waals surface area contributed by atoms with Crippen LogP contribution in [0.25, 0.3) is 0 Å². The predicted octanol–water partition coefficient (Wildman–Crippen LogP) is 1.78. The molecule has 1 saturated heterocycles. The minimum atomic E-state index is 0.635. The lowest BCUT2D eigenvalue weighted by Crippen LogP contribution is -2.39. The number of anilines is 1. The average molecular weight is 236 g/mol. The van der Waals surface area contributed by atoms with Crippen LogP contribution in [0.1, 0.15) is 31.9 Å². The first-order valence-corrected chi connectivity index (χ1v) is 6.73. The predicted molar refractivity (Wildman–Crippen MR) is 71.2 cm³/mol. The molecule has 96 valence electrons. The van der Waals surface area contributed by atoms with E-state index in [1.807, 2.05) is 0 Å². The van der Waals surface area contributed by atoms with Crippen molar-refractivity contribution in [3.8, 4) is 0 Å². The Kier molecular flexibility index (Phi) is 4.05. The lowest BCUT2D eigenvalue weighted by molar-refractivity contribution is 0.415. The first kappa shape index (κ1) is 12.4. The van der Waals surface area contributed by atoms with Crippen LogP contribution in [0, 0.1) is 12.8 Å². The van der Waals surface area contributed by atoms with Gasteiger partial charge in [0.2, 0.25) is 5.95 Å². The van der Waals surface area contributed by atoms with Gasteiger partial charge in [0, 0.05) is 25.8 Å². The molecule has 0 spiro atoms. The number of aryl methyl sites for hydroxylation is 2. The fraction of sp³-hybridized carbons (Fsp3) is 0.769. The van der Waals surface area contributed by atoms with Gasteiger partial charge >= 0.3 is 0 Å². The summed E-state index contributed by atoms with van der Waals surface area (Å²) >= 11 is 0. The Morgan fingerprint density at radius 2 is 2.35 bits per heavy atom. The third-order valence-electron chi connectivity index (χ3n) is 3.48. The van der Waals surface area contributed by atoms with E-state index in [-0.39, 0.29) is 0 Å². The van der Waals surface area contributed by atoms with E-state index >= 15 is 0 Å². The van der Waals surface area contributed by atoms with Crippen molar-refractivity contribution in [1.29, 1.82) is 0 Å². The number of imidazole rings is 1. The van der Waals surface area contributed by atoms with Crippen LogP contribution >= 0.6 is 0 Å². The summed E-state index contributed by atoms with van der Waals surface area (Å²) in [6, 6.07) is 0. The van der Waals surface area contributed by atoms with Crippen molar-refractivity contribution >= 4 is 5.95 Å². The van der Waals surface area contributed by atoms with Crippen molar-refractivity contribution in [2.24, 2.45) is 11.7 Å². The first-order valence-electron chi connectivity index (χ1n) is 6.73.